The van der Waals surface area contributed by atoms with Gasteiger partial charge in [0, 0.05) is 6.54 Å². The van der Waals surface area contributed by atoms with Crippen LogP contribution in [0.3, 0.4) is 0 Å². The Labute approximate surface area is 118 Å². The minimum absolute atomic E-state index is 0.167. The summed E-state index contributed by atoms with van der Waals surface area (Å²) in [6.07, 6.45) is -4.64. The van der Waals surface area contributed by atoms with Gasteiger partial charge in [-0.05, 0) is 23.8 Å². The number of halogens is 4. The number of hydrogen-bond donors (Lipinski definition) is 1. The normalized spacial score (nSPS) is 11.2. The van der Waals surface area contributed by atoms with Crippen molar-refractivity contribution < 1.29 is 22.4 Å². The number of amides is 1. The third-order valence-corrected chi connectivity index (χ3v) is 2.84. The molecule has 0 unspecified atom stereocenters. The standard InChI is InChI=1S/C15H11F4NO/c16-13-8-11(15(17,18)19)6-7-12(13)14(21)20-9-10-4-2-1-3-5-10/h1-8H,9H2,(H,20,21). The highest BCUT2D eigenvalue weighted by Crippen LogP contribution is 2.30. The first-order valence-corrected chi connectivity index (χ1v) is 6.07. The first kappa shape index (κ1) is 15.0. The van der Waals surface area contributed by atoms with Crippen molar-refractivity contribution >= 4 is 5.91 Å². The van der Waals surface area contributed by atoms with Crippen LogP contribution in [0.5, 0.6) is 0 Å². The Morgan fingerprint density at radius 3 is 2.29 bits per heavy atom. The van der Waals surface area contributed by atoms with Gasteiger partial charge in [0.15, 0.2) is 0 Å². The molecule has 0 atom stereocenters. The number of carbonyl (C=O) groups is 1. The lowest BCUT2D eigenvalue weighted by Crippen LogP contribution is -2.24. The molecule has 0 saturated heterocycles. The van der Waals surface area contributed by atoms with Gasteiger partial charge in [0.05, 0.1) is 11.1 Å². The van der Waals surface area contributed by atoms with Gasteiger partial charge < -0.3 is 5.32 Å². The molecule has 2 rings (SSSR count). The largest absolute Gasteiger partial charge is 0.416 e. The van der Waals surface area contributed by atoms with Crippen molar-refractivity contribution in [3.63, 3.8) is 0 Å². The second-order valence-corrected chi connectivity index (χ2v) is 4.36. The van der Waals surface area contributed by atoms with Gasteiger partial charge in [-0.2, -0.15) is 13.2 Å². The molecular formula is C15H11F4NO. The highest BCUT2D eigenvalue weighted by molar-refractivity contribution is 5.94. The van der Waals surface area contributed by atoms with Crippen LogP contribution in [0.15, 0.2) is 48.5 Å². The van der Waals surface area contributed by atoms with Crippen LogP contribution in [0.25, 0.3) is 0 Å². The van der Waals surface area contributed by atoms with E-state index >= 15 is 0 Å². The van der Waals surface area contributed by atoms with Crippen LogP contribution in [0.2, 0.25) is 0 Å². The van der Waals surface area contributed by atoms with Gasteiger partial charge in [0.1, 0.15) is 5.82 Å². The Morgan fingerprint density at radius 2 is 1.71 bits per heavy atom. The maximum Gasteiger partial charge on any atom is 0.416 e. The predicted molar refractivity (Wildman–Crippen MR) is 69.0 cm³/mol. The molecule has 0 heterocycles. The lowest BCUT2D eigenvalue weighted by atomic mass is 10.1. The van der Waals surface area contributed by atoms with Crippen LogP contribution < -0.4 is 5.32 Å². The fraction of sp³-hybridized carbons (Fsp3) is 0.133. The Morgan fingerprint density at radius 1 is 1.05 bits per heavy atom. The van der Waals surface area contributed by atoms with Gasteiger partial charge in [0.2, 0.25) is 0 Å². The molecule has 110 valence electrons. The van der Waals surface area contributed by atoms with E-state index in [9.17, 15) is 22.4 Å². The molecule has 2 aromatic rings. The zero-order valence-corrected chi connectivity index (χ0v) is 10.7. The molecule has 0 aliphatic carbocycles. The monoisotopic (exact) mass is 297 g/mol. The van der Waals surface area contributed by atoms with Gasteiger partial charge in [-0.25, -0.2) is 4.39 Å². The van der Waals surface area contributed by atoms with Crippen molar-refractivity contribution in [3.05, 3.63) is 71.0 Å². The second kappa shape index (κ2) is 5.95. The summed E-state index contributed by atoms with van der Waals surface area (Å²) >= 11 is 0. The van der Waals surface area contributed by atoms with E-state index in [2.05, 4.69) is 5.32 Å². The topological polar surface area (TPSA) is 29.1 Å². The van der Waals surface area contributed by atoms with Gasteiger partial charge in [-0.3, -0.25) is 4.79 Å². The molecule has 0 spiro atoms. The maximum absolute atomic E-state index is 13.6. The van der Waals surface area contributed by atoms with E-state index in [1.54, 1.807) is 30.3 Å². The summed E-state index contributed by atoms with van der Waals surface area (Å²) in [6.45, 7) is 0.167. The van der Waals surface area contributed by atoms with Gasteiger partial charge >= 0.3 is 6.18 Å². The molecular weight excluding hydrogens is 286 g/mol. The molecule has 0 radical (unpaired) electrons. The van der Waals surface area contributed by atoms with Crippen molar-refractivity contribution in [2.45, 2.75) is 12.7 Å². The molecule has 2 aromatic carbocycles. The van der Waals surface area contributed by atoms with E-state index in [4.69, 9.17) is 0 Å². The van der Waals surface area contributed by atoms with E-state index in [0.717, 1.165) is 11.6 Å². The summed E-state index contributed by atoms with van der Waals surface area (Å²) in [5, 5.41) is 2.45. The zero-order chi connectivity index (χ0) is 15.5. The molecule has 2 nitrogen and oxygen atoms in total. The third kappa shape index (κ3) is 3.81. The average molecular weight is 297 g/mol. The Hall–Kier alpha value is -2.37. The minimum atomic E-state index is -4.64. The Balaban J connectivity index is 2.09. The molecule has 1 N–H and O–H groups in total. The van der Waals surface area contributed by atoms with Crippen LogP contribution >= 0.6 is 0 Å². The van der Waals surface area contributed by atoms with Crippen LogP contribution in [0, 0.1) is 5.82 Å². The smallest absolute Gasteiger partial charge is 0.348 e. The zero-order valence-electron chi connectivity index (χ0n) is 10.7. The number of benzene rings is 2. The molecule has 0 aliphatic rings. The summed E-state index contributed by atoms with van der Waals surface area (Å²) < 4.78 is 50.8. The van der Waals surface area contributed by atoms with Gasteiger partial charge in [-0.1, -0.05) is 30.3 Å². The summed E-state index contributed by atoms with van der Waals surface area (Å²) in [5.41, 5.74) is -0.739. The lowest BCUT2D eigenvalue weighted by molar-refractivity contribution is -0.137. The van der Waals surface area contributed by atoms with Crippen LogP contribution in [0.1, 0.15) is 21.5 Å². The van der Waals surface area contributed by atoms with Gasteiger partial charge in [-0.15, -0.1) is 0 Å². The number of alkyl halides is 3. The summed E-state index contributed by atoms with van der Waals surface area (Å²) in [6, 6.07) is 10.7. The van der Waals surface area contributed by atoms with Crippen molar-refractivity contribution in [2.24, 2.45) is 0 Å². The van der Waals surface area contributed by atoms with E-state index in [-0.39, 0.29) is 6.54 Å². The molecule has 0 fully saturated rings. The van der Waals surface area contributed by atoms with E-state index in [1.165, 1.54) is 0 Å². The second-order valence-electron chi connectivity index (χ2n) is 4.36. The Bertz CT molecular complexity index is 638. The van der Waals surface area contributed by atoms with Crippen molar-refractivity contribution in [2.75, 3.05) is 0 Å². The molecule has 21 heavy (non-hydrogen) atoms. The highest BCUT2D eigenvalue weighted by Gasteiger charge is 2.31. The Kier molecular flexibility index (Phi) is 4.26. The summed E-state index contributed by atoms with van der Waals surface area (Å²) in [4.78, 5) is 11.8. The molecule has 0 aliphatic heterocycles. The number of nitrogens with one attached hydrogen (secondary N) is 1. The third-order valence-electron chi connectivity index (χ3n) is 2.84. The molecule has 0 bridgehead atoms. The maximum atomic E-state index is 13.6. The fourth-order valence-corrected chi connectivity index (χ4v) is 1.75. The highest BCUT2D eigenvalue weighted by atomic mass is 19.4. The summed E-state index contributed by atoms with van der Waals surface area (Å²) in [7, 11) is 0. The van der Waals surface area contributed by atoms with Gasteiger partial charge in [0.25, 0.3) is 5.91 Å². The lowest BCUT2D eigenvalue weighted by Gasteiger charge is -2.09. The van der Waals surface area contributed by atoms with E-state index < -0.39 is 29.0 Å². The quantitative estimate of drug-likeness (QED) is 0.858. The number of rotatable bonds is 3. The first-order valence-electron chi connectivity index (χ1n) is 6.07. The summed E-state index contributed by atoms with van der Waals surface area (Å²) in [5.74, 6) is -1.96. The predicted octanol–water partition coefficient (Wildman–Crippen LogP) is 3.77. The van der Waals surface area contributed by atoms with Crippen LogP contribution in [-0.4, -0.2) is 5.91 Å². The van der Waals surface area contributed by atoms with Crippen molar-refractivity contribution in [1.82, 2.24) is 5.32 Å². The van der Waals surface area contributed by atoms with Crippen LogP contribution in [0.4, 0.5) is 17.6 Å². The number of hydrogen-bond acceptors (Lipinski definition) is 1. The van der Waals surface area contributed by atoms with Crippen molar-refractivity contribution in [3.8, 4) is 0 Å². The minimum Gasteiger partial charge on any atom is -0.348 e. The average Bonchev–Trinajstić information content (AvgIpc) is 2.45. The van der Waals surface area contributed by atoms with E-state index in [0.29, 0.717) is 12.1 Å². The molecule has 1 amide bonds. The fourth-order valence-electron chi connectivity index (χ4n) is 1.75. The van der Waals surface area contributed by atoms with E-state index in [1.807, 2.05) is 0 Å². The van der Waals surface area contributed by atoms with Crippen molar-refractivity contribution in [1.29, 1.82) is 0 Å². The molecule has 0 aromatic heterocycles. The first-order chi connectivity index (χ1) is 9.88. The molecule has 0 saturated carbocycles. The van der Waals surface area contributed by atoms with Crippen LogP contribution in [-0.2, 0) is 12.7 Å². The number of carbonyl (C=O) groups excluding carboxylic acids is 1. The SMILES string of the molecule is O=C(NCc1ccccc1)c1ccc(C(F)(F)F)cc1F. The molecule has 6 heteroatoms.